The van der Waals surface area contributed by atoms with Crippen molar-refractivity contribution in [3.05, 3.63) is 89.0 Å². The van der Waals surface area contributed by atoms with Gasteiger partial charge in [0.15, 0.2) is 0 Å². The minimum atomic E-state index is -0.881. The SMILES string of the molecule is CCc1ccc(N2C(=O)C(=O)/C(=C(/O)c3cc(OC)ccc3OC)C2c2cccc(OC)c2)cc1. The van der Waals surface area contributed by atoms with Gasteiger partial charge in [0.1, 0.15) is 23.0 Å². The van der Waals surface area contributed by atoms with Gasteiger partial charge >= 0.3 is 0 Å². The average molecular weight is 474 g/mol. The molecule has 0 spiro atoms. The molecule has 1 N–H and O–H groups in total. The summed E-state index contributed by atoms with van der Waals surface area (Å²) in [7, 11) is 4.51. The highest BCUT2D eigenvalue weighted by atomic mass is 16.5. The van der Waals surface area contributed by atoms with Crippen molar-refractivity contribution in [2.75, 3.05) is 26.2 Å². The predicted molar refractivity (Wildman–Crippen MR) is 133 cm³/mol. The van der Waals surface area contributed by atoms with Gasteiger partial charge in [-0.1, -0.05) is 31.2 Å². The van der Waals surface area contributed by atoms with Crippen LogP contribution >= 0.6 is 0 Å². The quantitative estimate of drug-likeness (QED) is 0.298. The zero-order valence-corrected chi connectivity index (χ0v) is 20.1. The lowest BCUT2D eigenvalue weighted by Gasteiger charge is -2.26. The molecule has 1 unspecified atom stereocenters. The lowest BCUT2D eigenvalue weighted by molar-refractivity contribution is -0.132. The molecular weight excluding hydrogens is 446 g/mol. The Morgan fingerprint density at radius 1 is 0.886 bits per heavy atom. The number of ketones is 1. The molecule has 7 heteroatoms. The van der Waals surface area contributed by atoms with Crippen molar-refractivity contribution in [3.8, 4) is 17.2 Å². The van der Waals surface area contributed by atoms with E-state index in [9.17, 15) is 14.7 Å². The van der Waals surface area contributed by atoms with E-state index in [4.69, 9.17) is 14.2 Å². The summed E-state index contributed by atoms with van der Waals surface area (Å²) in [6, 6.07) is 18.6. The summed E-state index contributed by atoms with van der Waals surface area (Å²) in [6.45, 7) is 2.04. The second kappa shape index (κ2) is 9.93. The summed E-state index contributed by atoms with van der Waals surface area (Å²) in [5.74, 6) is -0.501. The Labute approximate surface area is 204 Å². The summed E-state index contributed by atoms with van der Waals surface area (Å²) in [5.41, 5.74) is 2.47. The molecule has 1 aliphatic rings. The van der Waals surface area contributed by atoms with Crippen molar-refractivity contribution < 1.29 is 28.9 Å². The molecule has 4 rings (SSSR count). The molecule has 0 aromatic heterocycles. The van der Waals surface area contributed by atoms with Gasteiger partial charge in [0.2, 0.25) is 0 Å². The van der Waals surface area contributed by atoms with Gasteiger partial charge in [0.05, 0.1) is 38.5 Å². The molecule has 7 nitrogen and oxygen atoms in total. The number of aliphatic hydroxyl groups excluding tert-OH is 1. The molecule has 1 aliphatic heterocycles. The summed E-state index contributed by atoms with van der Waals surface area (Å²) >= 11 is 0. The summed E-state index contributed by atoms with van der Waals surface area (Å²) in [5, 5.41) is 11.5. The molecule has 1 fully saturated rings. The van der Waals surface area contributed by atoms with Crippen LogP contribution in [0.5, 0.6) is 17.2 Å². The first-order chi connectivity index (χ1) is 16.9. The van der Waals surface area contributed by atoms with Crippen LogP contribution in [0.4, 0.5) is 5.69 Å². The number of carbonyl (C=O) groups excluding carboxylic acids is 2. The molecule has 0 saturated carbocycles. The van der Waals surface area contributed by atoms with E-state index in [0.29, 0.717) is 28.5 Å². The Morgan fingerprint density at radius 2 is 1.57 bits per heavy atom. The van der Waals surface area contributed by atoms with Crippen molar-refractivity contribution in [3.63, 3.8) is 0 Å². The third-order valence-electron chi connectivity index (χ3n) is 6.14. The fourth-order valence-electron chi connectivity index (χ4n) is 4.26. The summed E-state index contributed by atoms with van der Waals surface area (Å²) in [6.07, 6.45) is 0.841. The molecule has 0 bridgehead atoms. The first-order valence-corrected chi connectivity index (χ1v) is 11.2. The van der Waals surface area contributed by atoms with E-state index in [1.807, 2.05) is 31.2 Å². The van der Waals surface area contributed by atoms with E-state index in [-0.39, 0.29) is 16.9 Å². The molecule has 3 aromatic carbocycles. The maximum Gasteiger partial charge on any atom is 0.300 e. The van der Waals surface area contributed by atoms with Gasteiger partial charge in [-0.25, -0.2) is 0 Å². The average Bonchev–Trinajstić information content (AvgIpc) is 3.18. The second-order valence-corrected chi connectivity index (χ2v) is 8.03. The van der Waals surface area contributed by atoms with E-state index < -0.39 is 17.7 Å². The van der Waals surface area contributed by atoms with Crippen LogP contribution in [0, 0.1) is 0 Å². The smallest absolute Gasteiger partial charge is 0.300 e. The Hall–Kier alpha value is -4.26. The van der Waals surface area contributed by atoms with E-state index >= 15 is 0 Å². The van der Waals surface area contributed by atoms with Crippen molar-refractivity contribution in [1.29, 1.82) is 0 Å². The van der Waals surface area contributed by atoms with Gasteiger partial charge in [0, 0.05) is 5.69 Å². The van der Waals surface area contributed by atoms with Crippen LogP contribution in [0.2, 0.25) is 0 Å². The van der Waals surface area contributed by atoms with Crippen molar-refractivity contribution >= 4 is 23.1 Å². The monoisotopic (exact) mass is 473 g/mol. The van der Waals surface area contributed by atoms with Gasteiger partial charge in [-0.3, -0.25) is 14.5 Å². The Bertz CT molecular complexity index is 1300. The molecule has 1 atom stereocenters. The number of benzene rings is 3. The van der Waals surface area contributed by atoms with E-state index in [1.54, 1.807) is 49.6 Å². The van der Waals surface area contributed by atoms with E-state index in [1.165, 1.54) is 19.1 Å². The minimum absolute atomic E-state index is 0.0469. The van der Waals surface area contributed by atoms with Crippen LogP contribution < -0.4 is 19.1 Å². The number of amides is 1. The maximum atomic E-state index is 13.4. The largest absolute Gasteiger partial charge is 0.507 e. The molecule has 1 heterocycles. The van der Waals surface area contributed by atoms with E-state index in [0.717, 1.165) is 12.0 Å². The number of ether oxygens (including phenoxy) is 3. The lowest BCUT2D eigenvalue weighted by atomic mass is 9.94. The Morgan fingerprint density at radius 3 is 2.20 bits per heavy atom. The topological polar surface area (TPSA) is 85.3 Å². The zero-order chi connectivity index (χ0) is 25.1. The zero-order valence-electron chi connectivity index (χ0n) is 20.1. The highest BCUT2D eigenvalue weighted by Gasteiger charge is 2.47. The van der Waals surface area contributed by atoms with Crippen molar-refractivity contribution in [1.82, 2.24) is 0 Å². The number of hydrogen-bond donors (Lipinski definition) is 1. The molecule has 1 amide bonds. The fourth-order valence-corrected chi connectivity index (χ4v) is 4.26. The molecule has 0 aliphatic carbocycles. The molecule has 3 aromatic rings. The normalized spacial score (nSPS) is 16.9. The second-order valence-electron chi connectivity index (χ2n) is 8.03. The first kappa shape index (κ1) is 23.9. The highest BCUT2D eigenvalue weighted by Crippen LogP contribution is 2.44. The van der Waals surface area contributed by atoms with Crippen LogP contribution in [-0.4, -0.2) is 38.1 Å². The number of rotatable bonds is 7. The number of aliphatic hydroxyl groups is 1. The fraction of sp³-hybridized carbons (Fsp3) is 0.214. The highest BCUT2D eigenvalue weighted by molar-refractivity contribution is 6.51. The molecule has 180 valence electrons. The van der Waals surface area contributed by atoms with Crippen molar-refractivity contribution in [2.45, 2.75) is 19.4 Å². The van der Waals surface area contributed by atoms with Crippen LogP contribution in [0.15, 0.2) is 72.3 Å². The Balaban J connectivity index is 1.97. The lowest BCUT2D eigenvalue weighted by Crippen LogP contribution is -2.29. The van der Waals surface area contributed by atoms with Gasteiger partial charge in [0.25, 0.3) is 11.7 Å². The number of aryl methyl sites for hydroxylation is 1. The van der Waals surface area contributed by atoms with Crippen LogP contribution in [0.25, 0.3) is 5.76 Å². The number of Topliss-reactive ketones (excluding diaryl/α,β-unsaturated/α-hetero) is 1. The van der Waals surface area contributed by atoms with E-state index in [2.05, 4.69) is 0 Å². The van der Waals surface area contributed by atoms with Gasteiger partial charge < -0.3 is 19.3 Å². The van der Waals surface area contributed by atoms with Gasteiger partial charge in [-0.05, 0) is 60.0 Å². The number of hydrogen-bond acceptors (Lipinski definition) is 6. The molecule has 35 heavy (non-hydrogen) atoms. The molecule has 0 radical (unpaired) electrons. The van der Waals surface area contributed by atoms with Crippen LogP contribution in [-0.2, 0) is 16.0 Å². The predicted octanol–water partition coefficient (Wildman–Crippen LogP) is 4.90. The molecular formula is C28H27NO6. The maximum absolute atomic E-state index is 13.4. The number of anilines is 1. The van der Waals surface area contributed by atoms with Crippen LogP contribution in [0.3, 0.4) is 0 Å². The third-order valence-corrected chi connectivity index (χ3v) is 6.14. The first-order valence-electron chi connectivity index (χ1n) is 11.2. The summed E-state index contributed by atoms with van der Waals surface area (Å²) < 4.78 is 16.1. The molecule has 1 saturated heterocycles. The van der Waals surface area contributed by atoms with Crippen LogP contribution in [0.1, 0.15) is 29.7 Å². The third kappa shape index (κ3) is 4.33. The van der Waals surface area contributed by atoms with Gasteiger partial charge in [-0.15, -0.1) is 0 Å². The Kier molecular flexibility index (Phi) is 6.78. The summed E-state index contributed by atoms with van der Waals surface area (Å²) in [4.78, 5) is 28.2. The van der Waals surface area contributed by atoms with Crippen molar-refractivity contribution in [2.24, 2.45) is 0 Å². The van der Waals surface area contributed by atoms with Gasteiger partial charge in [-0.2, -0.15) is 0 Å². The minimum Gasteiger partial charge on any atom is -0.507 e. The standard InChI is InChI=1S/C28H27NO6/c1-5-17-9-11-19(12-10-17)29-25(18-7-6-8-20(15-18)33-2)24(27(31)28(29)32)26(30)22-16-21(34-3)13-14-23(22)35-4/h6-16,25,30H,5H2,1-4H3/b26-24+. The number of nitrogens with zero attached hydrogens (tertiary/aromatic N) is 1. The number of methoxy groups -OCH3 is 3. The number of carbonyl (C=O) groups is 2.